The molecule has 1 aromatic heterocycles. The normalized spacial score (nSPS) is 15.6. The topological polar surface area (TPSA) is 59.4 Å². The zero-order valence-corrected chi connectivity index (χ0v) is 8.15. The molecule has 0 bridgehead atoms. The monoisotopic (exact) mass is 196 g/mol. The lowest BCUT2D eigenvalue weighted by molar-refractivity contribution is -0.132. The van der Waals surface area contributed by atoms with E-state index in [4.69, 9.17) is 4.84 Å². The molecule has 1 amide bonds. The fourth-order valence-electron chi connectivity index (χ4n) is 1.45. The summed E-state index contributed by atoms with van der Waals surface area (Å²) in [5.41, 5.74) is 3.64. The van der Waals surface area contributed by atoms with Crippen LogP contribution in [0.1, 0.15) is 5.69 Å². The minimum Gasteiger partial charge on any atom is -0.338 e. The highest BCUT2D eigenvalue weighted by molar-refractivity contribution is 5.76. The predicted octanol–water partition coefficient (Wildman–Crippen LogP) is -0.172. The van der Waals surface area contributed by atoms with Crippen molar-refractivity contribution in [2.75, 3.05) is 19.6 Å². The van der Waals surface area contributed by atoms with Gasteiger partial charge in [-0.05, 0) is 0 Å². The third kappa shape index (κ3) is 1.44. The van der Waals surface area contributed by atoms with E-state index in [2.05, 4.69) is 10.6 Å². The van der Waals surface area contributed by atoms with Crippen molar-refractivity contribution >= 4 is 11.7 Å². The maximum absolute atomic E-state index is 11.3. The van der Waals surface area contributed by atoms with E-state index >= 15 is 0 Å². The molecule has 14 heavy (non-hydrogen) atoms. The molecule has 0 saturated heterocycles. The summed E-state index contributed by atoms with van der Waals surface area (Å²) in [6, 6.07) is 1.87. The maximum Gasteiger partial charge on any atom is 0.244 e. The van der Waals surface area contributed by atoms with Crippen molar-refractivity contribution in [2.45, 2.75) is 13.1 Å². The van der Waals surface area contributed by atoms with E-state index in [1.807, 2.05) is 6.07 Å². The molecule has 1 aliphatic rings. The van der Waals surface area contributed by atoms with Gasteiger partial charge in [-0.2, -0.15) is 5.10 Å². The lowest BCUT2D eigenvalue weighted by Crippen LogP contribution is -2.36. The molecule has 76 valence electrons. The summed E-state index contributed by atoms with van der Waals surface area (Å²) in [6.45, 7) is 0.897. The van der Waals surface area contributed by atoms with E-state index in [9.17, 15) is 4.79 Å². The van der Waals surface area contributed by atoms with Gasteiger partial charge >= 0.3 is 0 Å². The molecule has 2 rings (SSSR count). The average molecular weight is 196 g/mol. The van der Waals surface area contributed by atoms with Crippen molar-refractivity contribution in [3.05, 3.63) is 11.8 Å². The molecular formula is C8H12N4O2. The van der Waals surface area contributed by atoms with Crippen molar-refractivity contribution in [1.29, 1.82) is 0 Å². The van der Waals surface area contributed by atoms with Gasteiger partial charge in [0.2, 0.25) is 5.91 Å². The fourth-order valence-corrected chi connectivity index (χ4v) is 1.45. The number of hydrogen-bond acceptors (Lipinski definition) is 4. The Morgan fingerprint density at radius 2 is 2.36 bits per heavy atom. The molecule has 0 radical (unpaired) electrons. The number of nitrogens with zero attached hydrogens (tertiary/aromatic N) is 3. The summed E-state index contributed by atoms with van der Waals surface area (Å²) in [5.74, 6) is 0.704. The van der Waals surface area contributed by atoms with Gasteiger partial charge in [0.05, 0.1) is 19.3 Å². The van der Waals surface area contributed by atoms with Gasteiger partial charge in [0.1, 0.15) is 6.54 Å². The third-order valence-electron chi connectivity index (χ3n) is 2.18. The molecule has 0 saturated carbocycles. The number of amides is 1. The summed E-state index contributed by atoms with van der Waals surface area (Å²) in [5, 5.41) is 4.16. The van der Waals surface area contributed by atoms with Gasteiger partial charge in [-0.25, -0.2) is 5.48 Å². The van der Waals surface area contributed by atoms with Gasteiger partial charge in [-0.15, -0.1) is 0 Å². The lowest BCUT2D eigenvalue weighted by atomic mass is 10.3. The van der Waals surface area contributed by atoms with Crippen LogP contribution in [0.4, 0.5) is 5.82 Å². The third-order valence-corrected chi connectivity index (χ3v) is 2.18. The smallest absolute Gasteiger partial charge is 0.244 e. The molecule has 1 N–H and O–H groups in total. The van der Waals surface area contributed by atoms with Crippen molar-refractivity contribution in [1.82, 2.24) is 14.7 Å². The number of fused-ring (bicyclic) bond motifs is 1. The molecule has 2 heterocycles. The summed E-state index contributed by atoms with van der Waals surface area (Å²) in [4.78, 5) is 17.7. The Labute approximate surface area is 81.4 Å². The maximum atomic E-state index is 11.3. The van der Waals surface area contributed by atoms with Gasteiger partial charge in [-0.3, -0.25) is 14.3 Å². The van der Waals surface area contributed by atoms with Gasteiger partial charge in [0, 0.05) is 13.1 Å². The molecule has 0 unspecified atom stereocenters. The first-order chi connectivity index (χ1) is 6.70. The Balaban J connectivity index is 2.25. The van der Waals surface area contributed by atoms with Gasteiger partial charge in [-0.1, -0.05) is 0 Å². The van der Waals surface area contributed by atoms with E-state index in [0.29, 0.717) is 18.9 Å². The van der Waals surface area contributed by atoms with Crippen LogP contribution < -0.4 is 5.48 Å². The first kappa shape index (κ1) is 9.01. The van der Waals surface area contributed by atoms with Crippen LogP contribution in [0.3, 0.4) is 0 Å². The van der Waals surface area contributed by atoms with Gasteiger partial charge in [0.25, 0.3) is 0 Å². The van der Waals surface area contributed by atoms with E-state index < -0.39 is 0 Å². The van der Waals surface area contributed by atoms with Crippen molar-refractivity contribution in [3.8, 4) is 0 Å². The number of nitrogens with one attached hydrogen (secondary N) is 1. The minimum atomic E-state index is 0.0737. The molecule has 6 heteroatoms. The van der Waals surface area contributed by atoms with Gasteiger partial charge < -0.3 is 4.90 Å². The fraction of sp³-hybridized carbons (Fsp3) is 0.500. The number of likely N-dealkylation sites (N-methyl/N-ethyl adjacent to an activating group) is 1. The minimum absolute atomic E-state index is 0.0737. The summed E-state index contributed by atoms with van der Waals surface area (Å²) >= 11 is 0. The van der Waals surface area contributed by atoms with E-state index in [1.54, 1.807) is 16.6 Å². The van der Waals surface area contributed by atoms with E-state index in [0.717, 1.165) is 5.69 Å². The zero-order chi connectivity index (χ0) is 10.1. The summed E-state index contributed by atoms with van der Waals surface area (Å²) in [7, 11) is 3.30. The summed E-state index contributed by atoms with van der Waals surface area (Å²) in [6.07, 6.45) is 0. The molecule has 6 nitrogen and oxygen atoms in total. The number of rotatable bonds is 2. The second-order valence-corrected chi connectivity index (χ2v) is 3.23. The quantitative estimate of drug-likeness (QED) is 0.667. The highest BCUT2D eigenvalue weighted by Crippen LogP contribution is 2.15. The van der Waals surface area contributed by atoms with E-state index in [1.165, 1.54) is 7.11 Å². The highest BCUT2D eigenvalue weighted by atomic mass is 16.6. The van der Waals surface area contributed by atoms with Crippen LogP contribution in [-0.4, -0.2) is 34.7 Å². The molecule has 0 aliphatic carbocycles. The lowest BCUT2D eigenvalue weighted by Gasteiger charge is -2.22. The van der Waals surface area contributed by atoms with Crippen LogP contribution in [0.15, 0.2) is 6.07 Å². The van der Waals surface area contributed by atoms with Crippen LogP contribution in [0.25, 0.3) is 0 Å². The highest BCUT2D eigenvalue weighted by Gasteiger charge is 2.21. The molecular weight excluding hydrogens is 184 g/mol. The van der Waals surface area contributed by atoms with Crippen molar-refractivity contribution < 1.29 is 9.63 Å². The van der Waals surface area contributed by atoms with E-state index in [-0.39, 0.29) is 5.91 Å². The largest absolute Gasteiger partial charge is 0.338 e. The number of carbonyl (C=O) groups is 1. The standard InChI is InChI=1S/C8H12N4O2/c1-11-4-6-3-7(10-14-2)9-12(6)5-8(11)13/h3H,4-5H2,1-2H3,(H,9,10). The molecule has 1 aromatic rings. The first-order valence-corrected chi connectivity index (χ1v) is 4.30. The first-order valence-electron chi connectivity index (χ1n) is 4.30. The molecule has 0 spiro atoms. The van der Waals surface area contributed by atoms with Crippen LogP contribution in [0.2, 0.25) is 0 Å². The molecule has 0 aromatic carbocycles. The zero-order valence-electron chi connectivity index (χ0n) is 8.15. The van der Waals surface area contributed by atoms with Crippen LogP contribution in [0.5, 0.6) is 0 Å². The number of aromatic nitrogens is 2. The number of hydrogen-bond donors (Lipinski definition) is 1. The molecule has 1 aliphatic heterocycles. The predicted molar refractivity (Wildman–Crippen MR) is 49.3 cm³/mol. The van der Waals surface area contributed by atoms with Crippen molar-refractivity contribution in [3.63, 3.8) is 0 Å². The van der Waals surface area contributed by atoms with Crippen LogP contribution in [0, 0.1) is 0 Å². The Kier molecular flexibility index (Phi) is 2.12. The Hall–Kier alpha value is -1.56. The average Bonchev–Trinajstić information content (AvgIpc) is 2.48. The van der Waals surface area contributed by atoms with Crippen LogP contribution in [-0.2, 0) is 22.7 Å². The molecule has 0 atom stereocenters. The Morgan fingerprint density at radius 1 is 1.57 bits per heavy atom. The number of anilines is 1. The number of carbonyl (C=O) groups excluding carboxylic acids is 1. The Morgan fingerprint density at radius 3 is 3.07 bits per heavy atom. The SMILES string of the molecule is CONc1cc2n(n1)CC(=O)N(C)C2. The molecule has 0 fully saturated rings. The van der Waals surface area contributed by atoms with Crippen molar-refractivity contribution in [2.24, 2.45) is 0 Å². The van der Waals surface area contributed by atoms with Crippen LogP contribution >= 0.6 is 0 Å². The summed E-state index contributed by atoms with van der Waals surface area (Å²) < 4.78 is 1.68. The second kappa shape index (κ2) is 3.30. The Bertz CT molecular complexity index is 360. The second-order valence-electron chi connectivity index (χ2n) is 3.23. The van der Waals surface area contributed by atoms with Gasteiger partial charge in [0.15, 0.2) is 5.82 Å².